The van der Waals surface area contributed by atoms with Gasteiger partial charge < -0.3 is 9.47 Å². The third-order valence-electron chi connectivity index (χ3n) is 4.24. The van der Waals surface area contributed by atoms with Gasteiger partial charge >= 0.3 is 0 Å². The van der Waals surface area contributed by atoms with Crippen LogP contribution in [0.3, 0.4) is 0 Å². The van der Waals surface area contributed by atoms with Crippen molar-refractivity contribution in [3.05, 3.63) is 46.5 Å². The second-order valence-electron chi connectivity index (χ2n) is 5.97. The van der Waals surface area contributed by atoms with Gasteiger partial charge in [-0.1, -0.05) is 6.92 Å². The van der Waals surface area contributed by atoms with E-state index in [9.17, 15) is 0 Å². The molecule has 3 heteroatoms. The molecule has 0 aliphatic rings. The molecule has 0 fully saturated rings. The number of rotatable bonds is 5. The minimum absolute atomic E-state index is 0.359. The number of hydrogen-bond acceptors (Lipinski definition) is 2. The number of benzene rings is 2. The highest BCUT2D eigenvalue weighted by atomic mass is 31.1. The van der Waals surface area contributed by atoms with E-state index in [1.165, 1.54) is 32.9 Å². The lowest BCUT2D eigenvalue weighted by Crippen LogP contribution is -2.16. The Morgan fingerprint density at radius 1 is 0.696 bits per heavy atom. The second kappa shape index (κ2) is 7.36. The fourth-order valence-electron chi connectivity index (χ4n) is 3.32. The van der Waals surface area contributed by atoms with Crippen molar-refractivity contribution in [1.82, 2.24) is 0 Å². The molecule has 2 aromatic rings. The Morgan fingerprint density at radius 2 is 1.00 bits per heavy atom. The van der Waals surface area contributed by atoms with E-state index in [4.69, 9.17) is 9.47 Å². The van der Waals surface area contributed by atoms with Gasteiger partial charge in [-0.2, -0.15) is 0 Å². The normalized spacial score (nSPS) is 11.0. The summed E-state index contributed by atoms with van der Waals surface area (Å²) in [6.07, 6.45) is 1.13. The summed E-state index contributed by atoms with van der Waals surface area (Å²) in [6, 6.07) is 9.15. The third kappa shape index (κ3) is 3.53. The summed E-state index contributed by atoms with van der Waals surface area (Å²) >= 11 is 0. The van der Waals surface area contributed by atoms with Crippen LogP contribution >= 0.6 is 7.92 Å². The summed E-state index contributed by atoms with van der Waals surface area (Å²) in [4.78, 5) is 0. The molecule has 0 bridgehead atoms. The van der Waals surface area contributed by atoms with Crippen LogP contribution in [-0.4, -0.2) is 20.4 Å². The van der Waals surface area contributed by atoms with Crippen LogP contribution in [0.25, 0.3) is 0 Å². The molecule has 0 radical (unpaired) electrons. The lowest BCUT2D eigenvalue weighted by atomic mass is 10.1. The van der Waals surface area contributed by atoms with Gasteiger partial charge in [0.25, 0.3) is 0 Å². The zero-order valence-electron chi connectivity index (χ0n) is 15.3. The molecule has 0 saturated heterocycles. The first-order valence-corrected chi connectivity index (χ1v) is 9.53. The van der Waals surface area contributed by atoms with Crippen LogP contribution in [-0.2, 0) is 0 Å². The summed E-state index contributed by atoms with van der Waals surface area (Å²) in [5.41, 5.74) is 4.85. The largest absolute Gasteiger partial charge is 0.496 e. The topological polar surface area (TPSA) is 18.5 Å². The molecule has 0 unspecified atom stereocenters. The van der Waals surface area contributed by atoms with Crippen molar-refractivity contribution in [2.45, 2.75) is 34.6 Å². The molecule has 0 amide bonds. The molecule has 0 spiro atoms. The third-order valence-corrected chi connectivity index (χ3v) is 6.63. The lowest BCUT2D eigenvalue weighted by Gasteiger charge is -2.21. The molecule has 2 rings (SSSR count). The Labute approximate surface area is 141 Å². The maximum Gasteiger partial charge on any atom is 0.124 e. The fourth-order valence-corrected chi connectivity index (χ4v) is 5.75. The van der Waals surface area contributed by atoms with Crippen molar-refractivity contribution in [1.29, 1.82) is 0 Å². The Balaban J connectivity index is 2.53. The SMILES string of the molecule is CCP(c1cc(C)c(OC)c(C)c1)c1cc(C)c(OC)c(C)c1. The van der Waals surface area contributed by atoms with E-state index in [0.717, 1.165) is 17.7 Å². The number of hydrogen-bond donors (Lipinski definition) is 0. The van der Waals surface area contributed by atoms with E-state index in [-0.39, 0.29) is 7.92 Å². The average Bonchev–Trinajstić information content (AvgIpc) is 2.47. The highest BCUT2D eigenvalue weighted by Crippen LogP contribution is 2.37. The monoisotopic (exact) mass is 330 g/mol. The van der Waals surface area contributed by atoms with Crippen LogP contribution in [0.2, 0.25) is 0 Å². The van der Waals surface area contributed by atoms with Crippen LogP contribution in [0.5, 0.6) is 11.5 Å². The van der Waals surface area contributed by atoms with Gasteiger partial charge in [-0.25, -0.2) is 0 Å². The minimum atomic E-state index is -0.359. The molecule has 124 valence electrons. The average molecular weight is 330 g/mol. The summed E-state index contributed by atoms with van der Waals surface area (Å²) in [6.45, 7) is 10.8. The van der Waals surface area contributed by atoms with Gasteiger partial charge in [-0.05, 0) is 98.9 Å². The van der Waals surface area contributed by atoms with Gasteiger partial charge in [0.1, 0.15) is 11.5 Å². The molecule has 0 N–H and O–H groups in total. The van der Waals surface area contributed by atoms with Gasteiger partial charge in [0.15, 0.2) is 0 Å². The molecule has 0 aliphatic heterocycles. The number of aryl methyl sites for hydroxylation is 4. The van der Waals surface area contributed by atoms with E-state index >= 15 is 0 Å². The minimum Gasteiger partial charge on any atom is -0.496 e. The van der Waals surface area contributed by atoms with E-state index in [1.54, 1.807) is 14.2 Å². The molecule has 0 aliphatic carbocycles. The van der Waals surface area contributed by atoms with Crippen LogP contribution in [0, 0.1) is 27.7 Å². The Morgan fingerprint density at radius 3 is 1.22 bits per heavy atom. The van der Waals surface area contributed by atoms with Gasteiger partial charge in [0.05, 0.1) is 14.2 Å². The molecule has 0 saturated carbocycles. The molecular weight excluding hydrogens is 303 g/mol. The van der Waals surface area contributed by atoms with E-state index < -0.39 is 0 Å². The Kier molecular flexibility index (Phi) is 5.70. The van der Waals surface area contributed by atoms with Crippen LogP contribution in [0.15, 0.2) is 24.3 Å². The van der Waals surface area contributed by atoms with Crippen LogP contribution in [0.1, 0.15) is 29.2 Å². The summed E-state index contributed by atoms with van der Waals surface area (Å²) in [7, 11) is 3.13. The zero-order valence-corrected chi connectivity index (χ0v) is 16.2. The predicted octanol–water partition coefficient (Wildman–Crippen LogP) is 4.39. The second-order valence-corrected chi connectivity index (χ2v) is 8.49. The van der Waals surface area contributed by atoms with Gasteiger partial charge in [0, 0.05) is 0 Å². The van der Waals surface area contributed by atoms with Gasteiger partial charge in [0.2, 0.25) is 0 Å². The molecule has 0 atom stereocenters. The highest BCUT2D eigenvalue weighted by molar-refractivity contribution is 7.73. The summed E-state index contributed by atoms with van der Waals surface area (Å²) < 4.78 is 11.0. The number of ether oxygens (including phenoxy) is 2. The highest BCUT2D eigenvalue weighted by Gasteiger charge is 2.17. The lowest BCUT2D eigenvalue weighted by molar-refractivity contribution is 0.408. The maximum atomic E-state index is 5.51. The molecule has 2 aromatic carbocycles. The molecule has 2 nitrogen and oxygen atoms in total. The first-order valence-electron chi connectivity index (χ1n) is 8.00. The fraction of sp³-hybridized carbons (Fsp3) is 0.400. The first kappa shape index (κ1) is 17.8. The molecule has 0 aromatic heterocycles. The van der Waals surface area contributed by atoms with Crippen molar-refractivity contribution in [3.8, 4) is 11.5 Å². The van der Waals surface area contributed by atoms with Gasteiger partial charge in [-0.15, -0.1) is 0 Å². The summed E-state index contributed by atoms with van der Waals surface area (Å²) in [5.74, 6) is 2.00. The maximum absolute atomic E-state index is 5.51. The van der Waals surface area contributed by atoms with Crippen molar-refractivity contribution < 1.29 is 9.47 Å². The Hall–Kier alpha value is -1.53. The van der Waals surface area contributed by atoms with Gasteiger partial charge in [-0.3, -0.25) is 0 Å². The van der Waals surface area contributed by atoms with Crippen molar-refractivity contribution >= 4 is 18.5 Å². The van der Waals surface area contributed by atoms with Crippen LogP contribution in [0.4, 0.5) is 0 Å². The zero-order chi connectivity index (χ0) is 17.1. The number of methoxy groups -OCH3 is 2. The quantitative estimate of drug-likeness (QED) is 0.757. The first-order chi connectivity index (χ1) is 10.9. The van der Waals surface area contributed by atoms with Crippen molar-refractivity contribution in [3.63, 3.8) is 0 Å². The van der Waals surface area contributed by atoms with E-state index in [1.807, 2.05) is 0 Å². The Bertz CT molecular complexity index is 601. The predicted molar refractivity (Wildman–Crippen MR) is 102 cm³/mol. The van der Waals surface area contributed by atoms with Crippen LogP contribution < -0.4 is 20.1 Å². The molecule has 0 heterocycles. The van der Waals surface area contributed by atoms with E-state index in [0.29, 0.717) is 0 Å². The summed E-state index contributed by atoms with van der Waals surface area (Å²) in [5, 5.41) is 2.84. The smallest absolute Gasteiger partial charge is 0.124 e. The van der Waals surface area contributed by atoms with Crippen molar-refractivity contribution in [2.75, 3.05) is 20.4 Å². The molecule has 23 heavy (non-hydrogen) atoms. The standard InChI is InChI=1S/C20H27O2P/c1-8-23(17-9-13(2)19(21-6)14(3)10-17)18-11-15(4)20(22-7)16(5)12-18/h9-12H,8H2,1-7H3. The van der Waals surface area contributed by atoms with E-state index in [2.05, 4.69) is 58.9 Å². The molecular formula is C20H27O2P. The van der Waals surface area contributed by atoms with Crippen molar-refractivity contribution in [2.24, 2.45) is 0 Å².